The van der Waals surface area contributed by atoms with E-state index in [1.807, 2.05) is 0 Å². The number of nitrogens with one attached hydrogen (secondary N) is 2. The van der Waals surface area contributed by atoms with Gasteiger partial charge in [-0.2, -0.15) is 5.10 Å². The minimum absolute atomic E-state index is 0.283. The van der Waals surface area contributed by atoms with Crippen LogP contribution in [0.4, 0.5) is 0 Å². The smallest absolute Gasteiger partial charge is 0.244 e. The summed E-state index contributed by atoms with van der Waals surface area (Å²) in [5.74, 6) is 0. The van der Waals surface area contributed by atoms with Crippen LogP contribution in [0.3, 0.4) is 0 Å². The van der Waals surface area contributed by atoms with E-state index in [1.165, 1.54) is 0 Å². The van der Waals surface area contributed by atoms with Crippen molar-refractivity contribution in [3.63, 3.8) is 0 Å². The molecule has 92 valence electrons. The fourth-order valence-corrected chi connectivity index (χ4v) is 2.99. The van der Waals surface area contributed by atoms with E-state index in [1.54, 1.807) is 32.6 Å². The van der Waals surface area contributed by atoms with Crippen LogP contribution in [0.25, 0.3) is 0 Å². The average Bonchev–Trinajstić information content (AvgIpc) is 2.41. The molecule has 0 aliphatic carbocycles. The van der Waals surface area contributed by atoms with Crippen LogP contribution in [0.2, 0.25) is 0 Å². The van der Waals surface area contributed by atoms with Gasteiger partial charge in [-0.25, -0.2) is 13.1 Å². The fourth-order valence-electron chi connectivity index (χ4n) is 1.53. The first-order valence-electron chi connectivity index (χ1n) is 5.04. The second kappa shape index (κ2) is 4.94. The van der Waals surface area contributed by atoms with Gasteiger partial charge in [0.15, 0.2) is 0 Å². The van der Waals surface area contributed by atoms with Gasteiger partial charge in [-0.15, -0.1) is 0 Å². The lowest BCUT2D eigenvalue weighted by molar-refractivity contribution is 0.578. The summed E-state index contributed by atoms with van der Waals surface area (Å²) in [5, 5.41) is 6.97. The highest BCUT2D eigenvalue weighted by Crippen LogP contribution is 2.17. The molecule has 2 N–H and O–H groups in total. The van der Waals surface area contributed by atoms with E-state index >= 15 is 0 Å². The van der Waals surface area contributed by atoms with Gasteiger partial charge in [-0.05, 0) is 20.9 Å². The van der Waals surface area contributed by atoms with Crippen LogP contribution in [0.1, 0.15) is 11.4 Å². The lowest BCUT2D eigenvalue weighted by atomic mass is 10.4. The topological polar surface area (TPSA) is 76.0 Å². The predicted molar refractivity (Wildman–Crippen MR) is 61.8 cm³/mol. The van der Waals surface area contributed by atoms with Crippen molar-refractivity contribution in [1.82, 2.24) is 19.8 Å². The van der Waals surface area contributed by atoms with Crippen LogP contribution in [0.5, 0.6) is 0 Å². The molecule has 1 aromatic rings. The minimum atomic E-state index is -3.45. The Morgan fingerprint density at radius 2 is 1.94 bits per heavy atom. The molecule has 0 radical (unpaired) electrons. The van der Waals surface area contributed by atoms with Crippen molar-refractivity contribution in [2.75, 3.05) is 20.1 Å². The van der Waals surface area contributed by atoms with Crippen LogP contribution in [0.15, 0.2) is 4.90 Å². The SMILES string of the molecule is CNCCNS(=O)(=O)c1c(C)nn(C)c1C. The zero-order valence-corrected chi connectivity index (χ0v) is 10.8. The molecule has 0 bridgehead atoms. The van der Waals surface area contributed by atoms with Gasteiger partial charge in [0.1, 0.15) is 4.90 Å². The Hall–Kier alpha value is -0.920. The Kier molecular flexibility index (Phi) is 4.06. The third-order valence-corrected chi connectivity index (χ3v) is 4.09. The monoisotopic (exact) mass is 246 g/mol. The molecule has 1 aromatic heterocycles. The van der Waals surface area contributed by atoms with Crippen molar-refractivity contribution in [2.45, 2.75) is 18.7 Å². The van der Waals surface area contributed by atoms with Crippen molar-refractivity contribution >= 4 is 10.0 Å². The van der Waals surface area contributed by atoms with E-state index in [0.29, 0.717) is 24.5 Å². The normalized spacial score (nSPS) is 12.0. The second-order valence-corrected chi connectivity index (χ2v) is 5.33. The number of likely N-dealkylation sites (N-methyl/N-ethyl adjacent to an activating group) is 1. The van der Waals surface area contributed by atoms with Crippen LogP contribution in [0, 0.1) is 13.8 Å². The summed E-state index contributed by atoms with van der Waals surface area (Å²) >= 11 is 0. The maximum Gasteiger partial charge on any atom is 0.244 e. The number of rotatable bonds is 5. The van der Waals surface area contributed by atoms with E-state index < -0.39 is 10.0 Å². The Morgan fingerprint density at radius 3 is 2.38 bits per heavy atom. The Morgan fingerprint density at radius 1 is 1.31 bits per heavy atom. The van der Waals surface area contributed by atoms with Gasteiger partial charge < -0.3 is 5.32 Å². The quantitative estimate of drug-likeness (QED) is 0.689. The molecule has 0 saturated carbocycles. The van der Waals surface area contributed by atoms with Crippen molar-refractivity contribution in [3.05, 3.63) is 11.4 Å². The third-order valence-electron chi connectivity index (χ3n) is 2.38. The Balaban J connectivity index is 2.98. The summed E-state index contributed by atoms with van der Waals surface area (Å²) in [6.07, 6.45) is 0. The van der Waals surface area contributed by atoms with Gasteiger partial charge >= 0.3 is 0 Å². The zero-order chi connectivity index (χ0) is 12.3. The van der Waals surface area contributed by atoms with Crippen molar-refractivity contribution in [1.29, 1.82) is 0 Å². The van der Waals surface area contributed by atoms with Crippen LogP contribution >= 0.6 is 0 Å². The molecule has 0 amide bonds. The summed E-state index contributed by atoms with van der Waals surface area (Å²) in [6.45, 7) is 4.40. The molecule has 0 aromatic carbocycles. The largest absolute Gasteiger partial charge is 0.318 e. The van der Waals surface area contributed by atoms with Gasteiger partial charge in [0.2, 0.25) is 10.0 Å². The van der Waals surface area contributed by atoms with Crippen LogP contribution < -0.4 is 10.0 Å². The van der Waals surface area contributed by atoms with Gasteiger partial charge in [0.05, 0.1) is 11.4 Å². The summed E-state index contributed by atoms with van der Waals surface area (Å²) in [4.78, 5) is 0.283. The standard InChI is InChI=1S/C9H18N4O2S/c1-7-9(8(2)13(4)12-7)16(14,15)11-6-5-10-3/h10-11H,5-6H2,1-4H3. The third kappa shape index (κ3) is 2.60. The van der Waals surface area contributed by atoms with Gasteiger partial charge in [-0.1, -0.05) is 0 Å². The summed E-state index contributed by atoms with van der Waals surface area (Å²) in [6, 6.07) is 0. The lowest BCUT2D eigenvalue weighted by Crippen LogP contribution is -2.31. The molecule has 0 unspecified atom stereocenters. The number of aryl methyl sites for hydroxylation is 2. The summed E-state index contributed by atoms with van der Waals surface area (Å²) < 4.78 is 28.0. The molecular formula is C9H18N4O2S. The number of aromatic nitrogens is 2. The maximum atomic E-state index is 12.0. The Labute approximate surface area is 96.1 Å². The number of sulfonamides is 1. The molecule has 6 nitrogen and oxygen atoms in total. The highest BCUT2D eigenvalue weighted by molar-refractivity contribution is 7.89. The first-order valence-corrected chi connectivity index (χ1v) is 6.53. The molecule has 0 fully saturated rings. The van der Waals surface area contributed by atoms with E-state index in [2.05, 4.69) is 15.1 Å². The molecule has 0 aliphatic rings. The maximum absolute atomic E-state index is 12.0. The molecule has 0 aliphatic heterocycles. The first-order chi connectivity index (χ1) is 7.40. The predicted octanol–water partition coefficient (Wildman–Crippen LogP) is -0.465. The minimum Gasteiger partial charge on any atom is -0.318 e. The molecule has 0 spiro atoms. The van der Waals surface area contributed by atoms with Crippen LogP contribution in [-0.4, -0.2) is 38.3 Å². The molecule has 16 heavy (non-hydrogen) atoms. The van der Waals surface area contributed by atoms with Crippen molar-refractivity contribution in [3.8, 4) is 0 Å². The number of nitrogens with zero attached hydrogens (tertiary/aromatic N) is 2. The molecular weight excluding hydrogens is 228 g/mol. The van der Waals surface area contributed by atoms with Gasteiger partial charge in [0, 0.05) is 20.1 Å². The van der Waals surface area contributed by atoms with E-state index in [9.17, 15) is 8.42 Å². The van der Waals surface area contributed by atoms with Gasteiger partial charge in [-0.3, -0.25) is 4.68 Å². The first kappa shape index (κ1) is 13.1. The van der Waals surface area contributed by atoms with Crippen molar-refractivity contribution < 1.29 is 8.42 Å². The molecule has 1 rings (SSSR count). The van der Waals surface area contributed by atoms with Gasteiger partial charge in [0.25, 0.3) is 0 Å². The zero-order valence-electron chi connectivity index (χ0n) is 10.0. The highest BCUT2D eigenvalue weighted by atomic mass is 32.2. The van der Waals surface area contributed by atoms with E-state index in [-0.39, 0.29) is 4.90 Å². The van der Waals surface area contributed by atoms with E-state index in [0.717, 1.165) is 0 Å². The summed E-state index contributed by atoms with van der Waals surface area (Å²) in [7, 11) is 0.0574. The molecule has 0 saturated heterocycles. The Bertz CT molecular complexity index is 464. The highest BCUT2D eigenvalue weighted by Gasteiger charge is 2.22. The molecule has 1 heterocycles. The second-order valence-electron chi connectivity index (χ2n) is 3.62. The van der Waals surface area contributed by atoms with E-state index in [4.69, 9.17) is 0 Å². The fraction of sp³-hybridized carbons (Fsp3) is 0.667. The lowest BCUT2D eigenvalue weighted by Gasteiger charge is -2.06. The summed E-state index contributed by atoms with van der Waals surface area (Å²) in [5.41, 5.74) is 1.17. The van der Waals surface area contributed by atoms with Crippen molar-refractivity contribution in [2.24, 2.45) is 7.05 Å². The van der Waals surface area contributed by atoms with Crippen LogP contribution in [-0.2, 0) is 17.1 Å². The molecule has 0 atom stereocenters. The molecule has 7 heteroatoms. The number of hydrogen-bond acceptors (Lipinski definition) is 4. The number of hydrogen-bond donors (Lipinski definition) is 2. The average molecular weight is 246 g/mol.